The fourth-order valence-corrected chi connectivity index (χ4v) is 0.896. The molecule has 17 heavy (non-hydrogen) atoms. The largest absolute Gasteiger partial charge is 0.481 e. The number of carboxylic acids is 1. The Morgan fingerprint density at radius 3 is 1.71 bits per heavy atom. The lowest BCUT2D eigenvalue weighted by atomic mass is 10.1. The minimum atomic E-state index is -0.742. The van der Waals surface area contributed by atoms with E-state index in [2.05, 4.69) is 0 Å². The van der Waals surface area contributed by atoms with Crippen molar-refractivity contribution in [3.63, 3.8) is 0 Å². The maximum absolute atomic E-state index is 10.2. The second kappa shape index (κ2) is 20.1. The maximum atomic E-state index is 10.2. The highest BCUT2D eigenvalue weighted by Crippen LogP contribution is 2.01. The number of benzene rings is 1. The quantitative estimate of drug-likeness (QED) is 0.825. The van der Waals surface area contributed by atoms with E-state index in [9.17, 15) is 4.79 Å². The van der Waals surface area contributed by atoms with Crippen LogP contribution in [0.5, 0.6) is 0 Å². The van der Waals surface area contributed by atoms with Crippen LogP contribution in [0.3, 0.4) is 0 Å². The molecule has 0 aromatic heterocycles. The molecule has 0 saturated heterocycles. The van der Waals surface area contributed by atoms with Gasteiger partial charge in [0, 0.05) is 6.42 Å². The summed E-state index contributed by atoms with van der Waals surface area (Å²) in [6, 6.07) is 9.62. The van der Waals surface area contributed by atoms with Crippen LogP contribution in [-0.2, 0) is 11.2 Å². The van der Waals surface area contributed by atoms with Gasteiger partial charge in [0.25, 0.3) is 0 Å². The van der Waals surface area contributed by atoms with Crippen molar-refractivity contribution in [2.75, 3.05) is 0 Å². The van der Waals surface area contributed by atoms with E-state index in [-0.39, 0.29) is 6.42 Å². The molecule has 0 radical (unpaired) electrons. The molecule has 1 rings (SSSR count). The monoisotopic (exact) mass is 240 g/mol. The van der Waals surface area contributed by atoms with E-state index in [1.165, 1.54) is 0 Å². The van der Waals surface area contributed by atoms with E-state index in [1.54, 1.807) is 0 Å². The lowest BCUT2D eigenvalue weighted by Gasteiger charge is -1.95. The zero-order valence-corrected chi connectivity index (χ0v) is 12.2. The molecule has 2 nitrogen and oxygen atoms in total. The average Bonchev–Trinajstić information content (AvgIpc) is 2.44. The molecule has 100 valence electrons. The minimum Gasteiger partial charge on any atom is -0.481 e. The summed E-state index contributed by atoms with van der Waals surface area (Å²) in [7, 11) is 0. The van der Waals surface area contributed by atoms with E-state index in [4.69, 9.17) is 5.11 Å². The van der Waals surface area contributed by atoms with Crippen molar-refractivity contribution >= 4 is 5.97 Å². The van der Waals surface area contributed by atoms with Crippen LogP contribution in [0.2, 0.25) is 0 Å². The van der Waals surface area contributed by atoms with Crippen molar-refractivity contribution < 1.29 is 9.90 Å². The van der Waals surface area contributed by atoms with Gasteiger partial charge in [0.05, 0.1) is 0 Å². The van der Waals surface area contributed by atoms with Crippen molar-refractivity contribution in [2.24, 2.45) is 0 Å². The van der Waals surface area contributed by atoms with Crippen LogP contribution in [0, 0.1) is 0 Å². The molecule has 0 amide bonds. The van der Waals surface area contributed by atoms with Gasteiger partial charge in [0.1, 0.15) is 0 Å². The molecule has 0 saturated carbocycles. The summed E-state index contributed by atoms with van der Waals surface area (Å²) in [6.45, 7) is 12.0. The third-order valence-electron chi connectivity index (χ3n) is 1.47. The summed E-state index contributed by atoms with van der Waals surface area (Å²) < 4.78 is 0. The van der Waals surface area contributed by atoms with Gasteiger partial charge in [-0.05, 0) is 12.0 Å². The van der Waals surface area contributed by atoms with Gasteiger partial charge in [-0.25, -0.2) is 0 Å². The van der Waals surface area contributed by atoms with E-state index in [1.807, 2.05) is 71.9 Å². The number of carboxylic acid groups (broad SMARTS) is 1. The zero-order valence-electron chi connectivity index (χ0n) is 12.2. The van der Waals surface area contributed by atoms with Gasteiger partial charge in [-0.15, -0.1) is 0 Å². The number of aryl methyl sites for hydroxylation is 1. The van der Waals surface area contributed by atoms with Gasteiger partial charge in [0.2, 0.25) is 0 Å². The highest BCUT2D eigenvalue weighted by molar-refractivity contribution is 5.67. The lowest BCUT2D eigenvalue weighted by Crippen LogP contribution is -1.96. The van der Waals surface area contributed by atoms with Gasteiger partial charge in [-0.2, -0.15) is 0 Å². The number of rotatable bonds is 3. The third-order valence-corrected chi connectivity index (χ3v) is 1.47. The third kappa shape index (κ3) is 17.3. The van der Waals surface area contributed by atoms with E-state index >= 15 is 0 Å². The summed E-state index contributed by atoms with van der Waals surface area (Å²) in [5.74, 6) is -0.742. The molecule has 0 aliphatic rings. The van der Waals surface area contributed by atoms with Crippen LogP contribution in [0.15, 0.2) is 30.3 Å². The molecule has 0 fully saturated rings. The molecule has 2 heteroatoms. The first-order chi connectivity index (χ1) is 8.29. The van der Waals surface area contributed by atoms with Crippen molar-refractivity contribution in [3.8, 4) is 0 Å². The second-order valence-corrected chi connectivity index (χ2v) is 2.38. The van der Waals surface area contributed by atoms with Crippen molar-refractivity contribution in [3.05, 3.63) is 35.9 Å². The Morgan fingerprint density at radius 2 is 1.35 bits per heavy atom. The van der Waals surface area contributed by atoms with Crippen LogP contribution in [0.1, 0.15) is 53.5 Å². The average molecular weight is 240 g/mol. The Labute approximate surface area is 107 Å². The zero-order chi connectivity index (χ0) is 14.1. The first-order valence-corrected chi connectivity index (χ1v) is 6.55. The van der Waals surface area contributed by atoms with E-state index < -0.39 is 5.97 Å². The van der Waals surface area contributed by atoms with Gasteiger partial charge >= 0.3 is 5.97 Å². The van der Waals surface area contributed by atoms with Crippen molar-refractivity contribution in [1.82, 2.24) is 0 Å². The summed E-state index contributed by atoms with van der Waals surface area (Å²) in [5.41, 5.74) is 1.08. The van der Waals surface area contributed by atoms with E-state index in [0.29, 0.717) is 6.42 Å². The molecular weight excluding hydrogens is 212 g/mol. The molecule has 0 atom stereocenters. The number of carbonyl (C=O) groups is 1. The second-order valence-electron chi connectivity index (χ2n) is 2.38. The van der Waals surface area contributed by atoms with Crippen LogP contribution in [0.4, 0.5) is 0 Å². The number of hydrogen-bond donors (Lipinski definition) is 1. The Bertz CT molecular complexity index is 230. The van der Waals surface area contributed by atoms with Crippen molar-refractivity contribution in [2.45, 2.75) is 54.4 Å². The first kappa shape index (κ1) is 21.0. The normalized spacial score (nSPS) is 7.18. The van der Waals surface area contributed by atoms with Crippen LogP contribution in [-0.4, -0.2) is 11.1 Å². The summed E-state index contributed by atoms with van der Waals surface area (Å²) in [5, 5.41) is 8.37. The maximum Gasteiger partial charge on any atom is 0.303 e. The first-order valence-electron chi connectivity index (χ1n) is 6.55. The Balaban J connectivity index is -0.000000285. The Morgan fingerprint density at radius 1 is 0.941 bits per heavy atom. The topological polar surface area (TPSA) is 37.3 Å². The Kier molecular flexibility index (Phi) is 24.9. The summed E-state index contributed by atoms with van der Waals surface area (Å²) in [4.78, 5) is 10.2. The molecule has 0 aliphatic carbocycles. The highest BCUT2D eigenvalue weighted by Gasteiger charge is 1.96. The molecule has 1 N–H and O–H groups in total. The lowest BCUT2D eigenvalue weighted by molar-refractivity contribution is -0.136. The van der Waals surface area contributed by atoms with E-state index in [0.717, 1.165) is 5.56 Å². The minimum absolute atomic E-state index is 0.212. The van der Waals surface area contributed by atoms with Crippen LogP contribution >= 0.6 is 0 Å². The number of hydrogen-bond acceptors (Lipinski definition) is 1. The molecule has 1 aromatic carbocycles. The number of aliphatic carboxylic acids is 1. The molecule has 0 unspecified atom stereocenters. The molecule has 0 spiro atoms. The highest BCUT2D eigenvalue weighted by atomic mass is 16.4. The standard InChI is InChI=1S/C9H10O2.3C2H6/c10-9(11)7-6-8-4-2-1-3-5-8;3*1-2/h1-5H,6-7H2,(H,10,11);3*1-2H3. The van der Waals surface area contributed by atoms with Crippen LogP contribution in [0.25, 0.3) is 0 Å². The van der Waals surface area contributed by atoms with Crippen LogP contribution < -0.4 is 0 Å². The molecule has 0 heterocycles. The van der Waals surface area contributed by atoms with Crippen molar-refractivity contribution in [1.29, 1.82) is 0 Å². The SMILES string of the molecule is CC.CC.CC.O=C(O)CCc1ccccc1. The Hall–Kier alpha value is -1.31. The molecular formula is C15H28O2. The summed E-state index contributed by atoms with van der Waals surface area (Å²) in [6.07, 6.45) is 0.834. The van der Waals surface area contributed by atoms with Gasteiger partial charge < -0.3 is 5.11 Å². The smallest absolute Gasteiger partial charge is 0.303 e. The summed E-state index contributed by atoms with van der Waals surface area (Å²) >= 11 is 0. The molecule has 0 aliphatic heterocycles. The fourth-order valence-electron chi connectivity index (χ4n) is 0.896. The van der Waals surface area contributed by atoms with Gasteiger partial charge in [-0.3, -0.25) is 4.79 Å². The van der Waals surface area contributed by atoms with Gasteiger partial charge in [-0.1, -0.05) is 71.9 Å². The predicted molar refractivity (Wildman–Crippen MR) is 76.4 cm³/mol. The predicted octanol–water partition coefficient (Wildman–Crippen LogP) is 4.78. The molecule has 0 bridgehead atoms. The van der Waals surface area contributed by atoms with Gasteiger partial charge in [0.15, 0.2) is 0 Å². The molecule has 1 aromatic rings. The fraction of sp³-hybridized carbons (Fsp3) is 0.533.